The zero-order valence-electron chi connectivity index (χ0n) is 6.58. The molecule has 0 aromatic rings. The highest BCUT2D eigenvalue weighted by Crippen LogP contribution is 2.24. The molecular formula is C6H14N2O2S. The molecular weight excluding hydrogens is 164 g/mol. The molecule has 1 fully saturated rings. The van der Waals surface area contributed by atoms with E-state index in [4.69, 9.17) is 5.14 Å². The van der Waals surface area contributed by atoms with Crippen LogP contribution in [-0.2, 0) is 10.2 Å². The second kappa shape index (κ2) is 3.08. The monoisotopic (exact) mass is 178 g/mol. The summed E-state index contributed by atoms with van der Waals surface area (Å²) in [7, 11) is -3.48. The van der Waals surface area contributed by atoms with Gasteiger partial charge in [0.15, 0.2) is 0 Å². The summed E-state index contributed by atoms with van der Waals surface area (Å²) >= 11 is 0. The van der Waals surface area contributed by atoms with Crippen LogP contribution in [0.4, 0.5) is 0 Å². The van der Waals surface area contributed by atoms with Crippen molar-refractivity contribution in [2.45, 2.75) is 32.2 Å². The molecule has 0 amide bonds. The van der Waals surface area contributed by atoms with Gasteiger partial charge in [-0.1, -0.05) is 6.92 Å². The van der Waals surface area contributed by atoms with Crippen LogP contribution in [0.2, 0.25) is 0 Å². The van der Waals surface area contributed by atoms with Gasteiger partial charge in [0.2, 0.25) is 0 Å². The zero-order valence-corrected chi connectivity index (χ0v) is 7.39. The van der Waals surface area contributed by atoms with Crippen molar-refractivity contribution >= 4 is 10.2 Å². The Morgan fingerprint density at radius 2 is 2.09 bits per heavy atom. The maximum absolute atomic E-state index is 10.6. The first kappa shape index (κ1) is 8.96. The van der Waals surface area contributed by atoms with Crippen molar-refractivity contribution < 1.29 is 8.42 Å². The molecule has 1 aliphatic rings. The van der Waals surface area contributed by atoms with Gasteiger partial charge >= 0.3 is 0 Å². The van der Waals surface area contributed by atoms with Gasteiger partial charge in [-0.25, -0.2) is 5.14 Å². The van der Waals surface area contributed by atoms with Gasteiger partial charge in [0.25, 0.3) is 10.2 Å². The third-order valence-corrected chi connectivity index (χ3v) is 2.69. The number of nitrogens with two attached hydrogens (primary N) is 1. The third kappa shape index (κ3) is 3.18. The van der Waals surface area contributed by atoms with E-state index in [1.807, 2.05) is 0 Å². The predicted octanol–water partition coefficient (Wildman–Crippen LogP) is -0.0319. The maximum Gasteiger partial charge on any atom is 0.274 e. The molecule has 0 bridgehead atoms. The largest absolute Gasteiger partial charge is 0.274 e. The highest BCUT2D eigenvalue weighted by atomic mass is 32.2. The van der Waals surface area contributed by atoms with E-state index in [2.05, 4.69) is 11.6 Å². The maximum atomic E-state index is 10.6. The standard InChI is InChI=1S/C6H14N2O2S/c1-5-2-3-6(4-5)8-11(7,9)10/h5-6,8H,2-4H2,1H3,(H2,7,9,10). The first-order valence-electron chi connectivity index (χ1n) is 3.77. The molecule has 0 spiro atoms. The summed E-state index contributed by atoms with van der Waals surface area (Å²) in [5.74, 6) is 0.620. The molecule has 66 valence electrons. The lowest BCUT2D eigenvalue weighted by atomic mass is 10.1. The average molecular weight is 178 g/mol. The highest BCUT2D eigenvalue weighted by Gasteiger charge is 2.23. The molecule has 1 saturated carbocycles. The lowest BCUT2D eigenvalue weighted by Crippen LogP contribution is -2.37. The summed E-state index contributed by atoms with van der Waals surface area (Å²) in [6.45, 7) is 2.12. The van der Waals surface area contributed by atoms with Gasteiger partial charge in [0.1, 0.15) is 0 Å². The van der Waals surface area contributed by atoms with Gasteiger partial charge in [-0.15, -0.1) is 0 Å². The number of nitrogens with one attached hydrogen (secondary N) is 1. The first-order valence-corrected chi connectivity index (χ1v) is 5.32. The predicted molar refractivity (Wildman–Crippen MR) is 43.0 cm³/mol. The van der Waals surface area contributed by atoms with Gasteiger partial charge in [0.05, 0.1) is 0 Å². The van der Waals surface area contributed by atoms with Crippen molar-refractivity contribution in [1.82, 2.24) is 4.72 Å². The normalized spacial score (nSPS) is 32.5. The molecule has 2 unspecified atom stereocenters. The minimum atomic E-state index is -3.48. The Labute approximate surface area is 67.3 Å². The van der Waals surface area contributed by atoms with Gasteiger partial charge in [-0.2, -0.15) is 13.1 Å². The molecule has 0 aliphatic heterocycles. The topological polar surface area (TPSA) is 72.2 Å². The minimum Gasteiger partial charge on any atom is -0.216 e. The van der Waals surface area contributed by atoms with Crippen LogP contribution in [0.3, 0.4) is 0 Å². The van der Waals surface area contributed by atoms with E-state index in [9.17, 15) is 8.42 Å². The zero-order chi connectivity index (χ0) is 8.48. The Bertz CT molecular complexity index is 225. The molecule has 1 aliphatic carbocycles. The fourth-order valence-corrected chi connectivity index (χ4v) is 2.23. The number of hydrogen-bond donors (Lipinski definition) is 2. The lowest BCUT2D eigenvalue weighted by molar-refractivity contribution is 0.539. The Balaban J connectivity index is 2.41. The number of rotatable bonds is 2. The average Bonchev–Trinajstić information content (AvgIpc) is 2.10. The lowest BCUT2D eigenvalue weighted by Gasteiger charge is -2.08. The van der Waals surface area contributed by atoms with Crippen molar-refractivity contribution in [1.29, 1.82) is 0 Å². The van der Waals surface area contributed by atoms with Crippen molar-refractivity contribution in [2.24, 2.45) is 11.1 Å². The van der Waals surface area contributed by atoms with Crippen molar-refractivity contribution in [3.8, 4) is 0 Å². The Hall–Kier alpha value is -0.130. The molecule has 0 heterocycles. The molecule has 5 heteroatoms. The first-order chi connectivity index (χ1) is 4.97. The molecule has 4 nitrogen and oxygen atoms in total. The van der Waals surface area contributed by atoms with Gasteiger partial charge < -0.3 is 0 Å². The summed E-state index contributed by atoms with van der Waals surface area (Å²) in [6.07, 6.45) is 2.92. The van der Waals surface area contributed by atoms with E-state index in [0.29, 0.717) is 5.92 Å². The van der Waals surface area contributed by atoms with Gasteiger partial charge in [-0.3, -0.25) is 0 Å². The van der Waals surface area contributed by atoms with Crippen LogP contribution >= 0.6 is 0 Å². The van der Waals surface area contributed by atoms with Crippen LogP contribution in [0.15, 0.2) is 0 Å². The third-order valence-electron chi connectivity index (χ3n) is 2.03. The Morgan fingerprint density at radius 3 is 2.45 bits per heavy atom. The number of hydrogen-bond acceptors (Lipinski definition) is 2. The molecule has 11 heavy (non-hydrogen) atoms. The van der Waals surface area contributed by atoms with E-state index >= 15 is 0 Å². The summed E-state index contributed by atoms with van der Waals surface area (Å²) < 4.78 is 23.5. The molecule has 0 saturated heterocycles. The van der Waals surface area contributed by atoms with E-state index in [1.54, 1.807) is 0 Å². The molecule has 3 N–H and O–H groups in total. The van der Waals surface area contributed by atoms with Crippen molar-refractivity contribution in [2.75, 3.05) is 0 Å². The highest BCUT2D eigenvalue weighted by molar-refractivity contribution is 7.87. The molecule has 2 atom stereocenters. The second-order valence-corrected chi connectivity index (χ2v) is 4.60. The fourth-order valence-electron chi connectivity index (χ4n) is 1.55. The Kier molecular flexibility index (Phi) is 2.51. The van der Waals surface area contributed by atoms with Gasteiger partial charge in [-0.05, 0) is 25.2 Å². The van der Waals surface area contributed by atoms with Crippen LogP contribution < -0.4 is 9.86 Å². The van der Waals surface area contributed by atoms with Gasteiger partial charge in [0, 0.05) is 6.04 Å². The van der Waals surface area contributed by atoms with Crippen LogP contribution in [-0.4, -0.2) is 14.5 Å². The summed E-state index contributed by atoms with van der Waals surface area (Å²) in [5, 5.41) is 4.82. The van der Waals surface area contributed by atoms with Crippen molar-refractivity contribution in [3.05, 3.63) is 0 Å². The van der Waals surface area contributed by atoms with E-state index < -0.39 is 10.2 Å². The van der Waals surface area contributed by atoms with Crippen LogP contribution in [0.5, 0.6) is 0 Å². The minimum absolute atomic E-state index is 0.0694. The van der Waals surface area contributed by atoms with Crippen LogP contribution in [0.25, 0.3) is 0 Å². The molecule has 0 radical (unpaired) electrons. The molecule has 0 aromatic carbocycles. The fraction of sp³-hybridized carbons (Fsp3) is 1.00. The van der Waals surface area contributed by atoms with E-state index in [-0.39, 0.29) is 6.04 Å². The van der Waals surface area contributed by atoms with E-state index in [1.165, 1.54) is 0 Å². The second-order valence-electron chi connectivity index (χ2n) is 3.28. The van der Waals surface area contributed by atoms with Crippen LogP contribution in [0.1, 0.15) is 26.2 Å². The Morgan fingerprint density at radius 1 is 1.45 bits per heavy atom. The summed E-state index contributed by atoms with van der Waals surface area (Å²) in [4.78, 5) is 0. The van der Waals surface area contributed by atoms with Crippen molar-refractivity contribution in [3.63, 3.8) is 0 Å². The molecule has 1 rings (SSSR count). The quantitative estimate of drug-likeness (QED) is 0.623. The summed E-state index contributed by atoms with van der Waals surface area (Å²) in [6, 6.07) is 0.0694. The smallest absolute Gasteiger partial charge is 0.216 e. The van der Waals surface area contributed by atoms with E-state index in [0.717, 1.165) is 19.3 Å². The summed E-state index contributed by atoms with van der Waals surface area (Å²) in [5.41, 5.74) is 0. The SMILES string of the molecule is CC1CCC(NS(N)(=O)=O)C1. The van der Waals surface area contributed by atoms with Crippen LogP contribution in [0, 0.1) is 5.92 Å². The molecule has 0 aromatic heterocycles.